The largest absolute Gasteiger partial charge is 0.354 e. The fraction of sp³-hybridized carbons (Fsp3) is 0.333. The lowest BCUT2D eigenvalue weighted by Crippen LogP contribution is -2.29. The molecule has 0 saturated heterocycles. The highest BCUT2D eigenvalue weighted by molar-refractivity contribution is 5.82. The van der Waals surface area contributed by atoms with E-state index in [0.717, 1.165) is 24.2 Å². The van der Waals surface area contributed by atoms with Crippen molar-refractivity contribution in [2.24, 2.45) is 0 Å². The van der Waals surface area contributed by atoms with Crippen LogP contribution in [-0.2, 0) is 17.8 Å². The second-order valence-corrected chi connectivity index (χ2v) is 6.25. The van der Waals surface area contributed by atoms with Crippen molar-refractivity contribution < 1.29 is 9.32 Å². The molecule has 7 heteroatoms. The highest BCUT2D eigenvalue weighted by Gasteiger charge is 2.28. The Labute approximate surface area is 143 Å². The smallest absolute Gasteiger partial charge is 0.239 e. The van der Waals surface area contributed by atoms with Gasteiger partial charge in [0.2, 0.25) is 11.8 Å². The van der Waals surface area contributed by atoms with Gasteiger partial charge in [-0.2, -0.15) is 4.98 Å². The van der Waals surface area contributed by atoms with Gasteiger partial charge in [0.15, 0.2) is 11.3 Å². The molecule has 1 saturated carbocycles. The van der Waals surface area contributed by atoms with Gasteiger partial charge in [-0.25, -0.2) is 0 Å². The van der Waals surface area contributed by atoms with E-state index in [1.54, 1.807) is 16.8 Å². The van der Waals surface area contributed by atoms with Gasteiger partial charge < -0.3 is 14.4 Å². The van der Waals surface area contributed by atoms with Crippen LogP contribution >= 0.6 is 0 Å². The van der Waals surface area contributed by atoms with E-state index < -0.39 is 0 Å². The van der Waals surface area contributed by atoms with E-state index in [1.165, 1.54) is 6.07 Å². The summed E-state index contributed by atoms with van der Waals surface area (Å²) in [6.07, 6.45) is 4.41. The van der Waals surface area contributed by atoms with Crippen molar-refractivity contribution in [2.45, 2.75) is 31.7 Å². The van der Waals surface area contributed by atoms with Crippen LogP contribution in [0.1, 0.15) is 30.5 Å². The first-order chi connectivity index (χ1) is 12.2. The van der Waals surface area contributed by atoms with Gasteiger partial charge in [-0.05, 0) is 25.0 Å². The third kappa shape index (κ3) is 3.45. The van der Waals surface area contributed by atoms with E-state index in [-0.39, 0.29) is 17.9 Å². The number of amides is 1. The third-order valence-corrected chi connectivity index (χ3v) is 4.29. The molecular formula is C18H18N4O3. The van der Waals surface area contributed by atoms with Crippen molar-refractivity contribution in [1.29, 1.82) is 0 Å². The Kier molecular flexibility index (Phi) is 4.05. The first-order valence-electron chi connectivity index (χ1n) is 8.38. The first-order valence-corrected chi connectivity index (χ1v) is 8.38. The van der Waals surface area contributed by atoms with Crippen LogP contribution in [-0.4, -0.2) is 27.2 Å². The van der Waals surface area contributed by atoms with Crippen LogP contribution in [0, 0.1) is 0 Å². The van der Waals surface area contributed by atoms with Gasteiger partial charge in [-0.1, -0.05) is 17.3 Å². The molecule has 0 atom stereocenters. The molecule has 25 heavy (non-hydrogen) atoms. The zero-order valence-electron chi connectivity index (χ0n) is 13.6. The lowest BCUT2D eigenvalue weighted by molar-refractivity contribution is -0.121. The van der Waals surface area contributed by atoms with Crippen molar-refractivity contribution in [2.75, 3.05) is 6.54 Å². The number of hydrogen-bond acceptors (Lipinski definition) is 5. The number of para-hydroxylation sites is 1. The number of aromatic nitrogens is 3. The number of nitrogens with zero attached hydrogens (tertiary/aromatic N) is 3. The molecule has 128 valence electrons. The van der Waals surface area contributed by atoms with Crippen LogP contribution in [0.2, 0.25) is 0 Å². The van der Waals surface area contributed by atoms with Crippen LogP contribution in [0.15, 0.2) is 45.8 Å². The van der Waals surface area contributed by atoms with Gasteiger partial charge in [0, 0.05) is 36.5 Å². The molecule has 7 nitrogen and oxygen atoms in total. The monoisotopic (exact) mass is 338 g/mol. The van der Waals surface area contributed by atoms with Crippen molar-refractivity contribution in [3.8, 4) is 0 Å². The zero-order chi connectivity index (χ0) is 17.2. The number of hydrogen-bond donors (Lipinski definition) is 1. The summed E-state index contributed by atoms with van der Waals surface area (Å²) >= 11 is 0. The SMILES string of the molecule is O=C(Cn1ccc(=O)c2ccccc21)NCCc1nc(C2CC2)no1. The van der Waals surface area contributed by atoms with E-state index in [0.29, 0.717) is 30.2 Å². The van der Waals surface area contributed by atoms with Gasteiger partial charge in [0.05, 0.1) is 5.52 Å². The first kappa shape index (κ1) is 15.6. The second-order valence-electron chi connectivity index (χ2n) is 6.25. The van der Waals surface area contributed by atoms with E-state index in [4.69, 9.17) is 4.52 Å². The van der Waals surface area contributed by atoms with Gasteiger partial charge in [0.25, 0.3) is 0 Å². The minimum absolute atomic E-state index is 0.0462. The summed E-state index contributed by atoms with van der Waals surface area (Å²) in [5.41, 5.74) is 0.700. The quantitative estimate of drug-likeness (QED) is 0.737. The molecule has 0 aliphatic heterocycles. The number of benzene rings is 1. The number of nitrogens with one attached hydrogen (secondary N) is 1. The third-order valence-electron chi connectivity index (χ3n) is 4.29. The molecule has 2 aromatic heterocycles. The Morgan fingerprint density at radius 1 is 1.28 bits per heavy atom. The standard InChI is InChI=1S/C18H18N4O3/c23-15-8-10-22(14-4-2-1-3-13(14)15)11-16(24)19-9-7-17-20-18(21-25-17)12-5-6-12/h1-4,8,10,12H,5-7,9,11H2,(H,19,24). The number of carbonyl (C=O) groups is 1. The number of fused-ring (bicyclic) bond motifs is 1. The Bertz CT molecular complexity index is 972. The molecular weight excluding hydrogens is 320 g/mol. The highest BCUT2D eigenvalue weighted by Crippen LogP contribution is 2.38. The summed E-state index contributed by atoms with van der Waals surface area (Å²) in [4.78, 5) is 28.4. The molecule has 1 N–H and O–H groups in total. The highest BCUT2D eigenvalue weighted by atomic mass is 16.5. The van der Waals surface area contributed by atoms with Crippen molar-refractivity contribution >= 4 is 16.8 Å². The minimum Gasteiger partial charge on any atom is -0.354 e. The molecule has 3 aromatic rings. The van der Waals surface area contributed by atoms with Gasteiger partial charge in [-0.3, -0.25) is 9.59 Å². The van der Waals surface area contributed by atoms with Gasteiger partial charge in [0.1, 0.15) is 6.54 Å². The summed E-state index contributed by atoms with van der Waals surface area (Å²) in [6.45, 7) is 0.585. The maximum atomic E-state index is 12.2. The Morgan fingerprint density at radius 3 is 2.96 bits per heavy atom. The zero-order valence-corrected chi connectivity index (χ0v) is 13.6. The van der Waals surface area contributed by atoms with Crippen LogP contribution in [0.25, 0.3) is 10.9 Å². The molecule has 4 rings (SSSR count). The predicted molar refractivity (Wildman–Crippen MR) is 91.2 cm³/mol. The lowest BCUT2D eigenvalue weighted by Gasteiger charge is -2.10. The average molecular weight is 338 g/mol. The second kappa shape index (κ2) is 6.51. The molecule has 1 aliphatic rings. The minimum atomic E-state index is -0.129. The Hall–Kier alpha value is -2.96. The molecule has 1 aliphatic carbocycles. The van der Waals surface area contributed by atoms with Gasteiger partial charge in [-0.15, -0.1) is 0 Å². The summed E-state index contributed by atoms with van der Waals surface area (Å²) in [6, 6.07) is 8.74. The Balaban J connectivity index is 1.35. The predicted octanol–water partition coefficient (Wildman–Crippen LogP) is 1.62. The lowest BCUT2D eigenvalue weighted by atomic mass is 10.2. The van der Waals surface area contributed by atoms with Crippen molar-refractivity contribution in [1.82, 2.24) is 20.0 Å². The topological polar surface area (TPSA) is 90.0 Å². The van der Waals surface area contributed by atoms with Crippen LogP contribution in [0.4, 0.5) is 0 Å². The molecule has 0 unspecified atom stereocenters. The number of pyridine rings is 1. The van der Waals surface area contributed by atoms with Crippen LogP contribution in [0.3, 0.4) is 0 Å². The molecule has 1 aromatic carbocycles. The van der Waals surface area contributed by atoms with Crippen molar-refractivity contribution in [3.05, 3.63) is 58.5 Å². The summed E-state index contributed by atoms with van der Waals surface area (Å²) in [5, 5.41) is 7.41. The molecule has 1 fully saturated rings. The Morgan fingerprint density at radius 2 is 2.12 bits per heavy atom. The molecule has 0 bridgehead atoms. The number of carbonyl (C=O) groups excluding carboxylic acids is 1. The van der Waals surface area contributed by atoms with Gasteiger partial charge >= 0.3 is 0 Å². The summed E-state index contributed by atoms with van der Waals surface area (Å²) in [5.74, 6) is 1.66. The van der Waals surface area contributed by atoms with Crippen LogP contribution in [0.5, 0.6) is 0 Å². The molecule has 0 radical (unpaired) electrons. The van der Waals surface area contributed by atoms with E-state index in [2.05, 4.69) is 15.5 Å². The van der Waals surface area contributed by atoms with E-state index >= 15 is 0 Å². The van der Waals surface area contributed by atoms with E-state index in [9.17, 15) is 9.59 Å². The van der Waals surface area contributed by atoms with Crippen LogP contribution < -0.4 is 10.7 Å². The fourth-order valence-corrected chi connectivity index (χ4v) is 2.79. The molecule has 2 heterocycles. The van der Waals surface area contributed by atoms with Crippen molar-refractivity contribution in [3.63, 3.8) is 0 Å². The summed E-state index contributed by atoms with van der Waals surface area (Å²) < 4.78 is 6.95. The fourth-order valence-electron chi connectivity index (χ4n) is 2.79. The maximum absolute atomic E-state index is 12.2. The molecule has 0 spiro atoms. The summed E-state index contributed by atoms with van der Waals surface area (Å²) in [7, 11) is 0. The van der Waals surface area contributed by atoms with E-state index in [1.807, 2.05) is 18.2 Å². The number of rotatable bonds is 6. The molecule has 1 amide bonds. The normalized spacial score (nSPS) is 13.9. The average Bonchev–Trinajstić information content (AvgIpc) is 3.37. The maximum Gasteiger partial charge on any atom is 0.239 e.